The Hall–Kier alpha value is -0.420. The molecular formula is C8H17NO3S. The summed E-state index contributed by atoms with van der Waals surface area (Å²) < 4.78 is 22.0. The summed E-state index contributed by atoms with van der Waals surface area (Å²) in [5.74, 6) is 0.0498. The number of hydrogen-bond acceptors (Lipinski definition) is 4. The highest BCUT2D eigenvalue weighted by Gasteiger charge is 2.10. The number of likely N-dealkylation sites (N-methyl/N-ethyl adjacent to an activating group) is 1. The maximum atomic E-state index is 11.0. The van der Waals surface area contributed by atoms with Crippen molar-refractivity contribution in [2.75, 3.05) is 24.6 Å². The van der Waals surface area contributed by atoms with Crippen LogP contribution < -0.4 is 5.32 Å². The van der Waals surface area contributed by atoms with Crippen LogP contribution in [0.3, 0.4) is 0 Å². The van der Waals surface area contributed by atoms with Gasteiger partial charge in [-0.2, -0.15) is 0 Å². The molecular weight excluding hydrogens is 190 g/mol. The minimum atomic E-state index is -2.99. The van der Waals surface area contributed by atoms with Gasteiger partial charge in [0.05, 0.1) is 12.3 Å². The molecule has 0 bridgehead atoms. The minimum Gasteiger partial charge on any atom is -0.310 e. The van der Waals surface area contributed by atoms with Gasteiger partial charge in [0.25, 0.3) is 0 Å². The fourth-order valence-corrected chi connectivity index (χ4v) is 1.59. The fraction of sp³-hybridized carbons (Fsp3) is 0.875. The second-order valence-corrected chi connectivity index (χ2v) is 5.28. The Morgan fingerprint density at radius 1 is 1.31 bits per heavy atom. The summed E-state index contributed by atoms with van der Waals surface area (Å²) >= 11 is 0. The van der Waals surface area contributed by atoms with Crippen molar-refractivity contribution in [3.8, 4) is 0 Å². The zero-order valence-electron chi connectivity index (χ0n) is 8.17. The van der Waals surface area contributed by atoms with E-state index < -0.39 is 9.84 Å². The molecule has 13 heavy (non-hydrogen) atoms. The molecule has 5 heteroatoms. The number of rotatable bonds is 7. The van der Waals surface area contributed by atoms with Crippen LogP contribution in [0.1, 0.15) is 20.3 Å². The molecule has 0 saturated heterocycles. The van der Waals surface area contributed by atoms with Gasteiger partial charge in [-0.25, -0.2) is 8.42 Å². The number of nitrogens with one attached hydrogen (secondary N) is 1. The van der Waals surface area contributed by atoms with Crippen molar-refractivity contribution < 1.29 is 13.2 Å². The van der Waals surface area contributed by atoms with Crippen LogP contribution in [0, 0.1) is 0 Å². The lowest BCUT2D eigenvalue weighted by Crippen LogP contribution is -2.24. The molecule has 1 N–H and O–H groups in total. The highest BCUT2D eigenvalue weighted by molar-refractivity contribution is 7.91. The highest BCUT2D eigenvalue weighted by atomic mass is 32.2. The first-order valence-electron chi connectivity index (χ1n) is 4.44. The Bertz CT molecular complexity index is 246. The van der Waals surface area contributed by atoms with E-state index in [0.717, 1.165) is 6.54 Å². The van der Waals surface area contributed by atoms with Crippen LogP contribution in [0.2, 0.25) is 0 Å². The number of carbonyl (C=O) groups excluding carboxylic acids is 1. The van der Waals surface area contributed by atoms with Crippen molar-refractivity contribution in [2.24, 2.45) is 0 Å². The molecule has 0 rings (SSSR count). The number of carbonyl (C=O) groups is 1. The Balaban J connectivity index is 3.71. The molecule has 0 spiro atoms. The summed E-state index contributed by atoms with van der Waals surface area (Å²) in [4.78, 5) is 11.0. The van der Waals surface area contributed by atoms with Crippen LogP contribution in [0.5, 0.6) is 0 Å². The summed E-state index contributed by atoms with van der Waals surface area (Å²) in [6, 6.07) is 0. The van der Waals surface area contributed by atoms with E-state index in [2.05, 4.69) is 5.32 Å². The van der Waals surface area contributed by atoms with E-state index in [-0.39, 0.29) is 30.3 Å². The average Bonchev–Trinajstić information content (AvgIpc) is 2.11. The van der Waals surface area contributed by atoms with Gasteiger partial charge in [0.2, 0.25) is 0 Å². The monoisotopic (exact) mass is 207 g/mol. The van der Waals surface area contributed by atoms with Crippen LogP contribution in [-0.4, -0.2) is 38.8 Å². The minimum absolute atomic E-state index is 0.0201. The maximum Gasteiger partial charge on any atom is 0.150 e. The maximum absolute atomic E-state index is 11.0. The van der Waals surface area contributed by atoms with E-state index in [9.17, 15) is 13.2 Å². The molecule has 0 unspecified atom stereocenters. The van der Waals surface area contributed by atoms with Crippen molar-refractivity contribution >= 4 is 15.6 Å². The van der Waals surface area contributed by atoms with Crippen LogP contribution in [-0.2, 0) is 14.6 Å². The van der Waals surface area contributed by atoms with Gasteiger partial charge in [-0.3, -0.25) is 4.79 Å². The quantitative estimate of drug-likeness (QED) is 0.638. The molecule has 0 aromatic heterocycles. The van der Waals surface area contributed by atoms with Gasteiger partial charge < -0.3 is 5.32 Å². The van der Waals surface area contributed by atoms with E-state index in [1.165, 1.54) is 0 Å². The molecule has 4 nitrogen and oxygen atoms in total. The third-order valence-electron chi connectivity index (χ3n) is 1.70. The first-order valence-corrected chi connectivity index (χ1v) is 6.26. The van der Waals surface area contributed by atoms with Gasteiger partial charge in [0.15, 0.2) is 0 Å². The highest BCUT2D eigenvalue weighted by Crippen LogP contribution is 1.93. The topological polar surface area (TPSA) is 63.2 Å². The standard InChI is InChI=1S/C8H17NO3S/c1-3-9-7-8(10)5-6-13(11,12)4-2/h9H,3-7H2,1-2H3. The number of hydrogen-bond donors (Lipinski definition) is 1. The van der Waals surface area contributed by atoms with Crippen molar-refractivity contribution in [3.63, 3.8) is 0 Å². The van der Waals surface area contributed by atoms with Gasteiger partial charge in [0, 0.05) is 12.2 Å². The smallest absolute Gasteiger partial charge is 0.150 e. The van der Waals surface area contributed by atoms with E-state index in [1.54, 1.807) is 6.92 Å². The number of ketones is 1. The second kappa shape index (κ2) is 6.10. The summed E-state index contributed by atoms with van der Waals surface area (Å²) in [7, 11) is -2.99. The normalized spacial score (nSPS) is 11.5. The molecule has 78 valence electrons. The lowest BCUT2D eigenvalue weighted by atomic mass is 10.3. The largest absolute Gasteiger partial charge is 0.310 e. The summed E-state index contributed by atoms with van der Waals surface area (Å²) in [6.07, 6.45) is 0.128. The zero-order valence-corrected chi connectivity index (χ0v) is 8.99. The molecule has 0 saturated carbocycles. The molecule has 0 heterocycles. The van der Waals surface area contributed by atoms with E-state index in [0.29, 0.717) is 0 Å². The molecule has 0 atom stereocenters. The van der Waals surface area contributed by atoms with Crippen molar-refractivity contribution in [1.82, 2.24) is 5.32 Å². The molecule has 0 aromatic rings. The van der Waals surface area contributed by atoms with Crippen LogP contribution in [0.25, 0.3) is 0 Å². The Kier molecular flexibility index (Phi) is 5.90. The average molecular weight is 207 g/mol. The third-order valence-corrected chi connectivity index (χ3v) is 3.41. The molecule has 0 aliphatic carbocycles. The van der Waals surface area contributed by atoms with Crippen molar-refractivity contribution in [1.29, 1.82) is 0 Å². The molecule has 0 aliphatic rings. The molecule has 0 fully saturated rings. The second-order valence-electron chi connectivity index (χ2n) is 2.81. The molecule has 0 aliphatic heterocycles. The van der Waals surface area contributed by atoms with Gasteiger partial charge >= 0.3 is 0 Å². The molecule has 0 aromatic carbocycles. The van der Waals surface area contributed by atoms with Gasteiger partial charge in [-0.15, -0.1) is 0 Å². The third kappa shape index (κ3) is 6.72. The Labute approximate surface area is 79.6 Å². The number of sulfone groups is 1. The predicted octanol–water partition coefficient (Wildman–Crippen LogP) is -0.0102. The Morgan fingerprint density at radius 3 is 2.38 bits per heavy atom. The lowest BCUT2D eigenvalue weighted by Gasteiger charge is -2.01. The van der Waals surface area contributed by atoms with E-state index in [1.807, 2.05) is 6.92 Å². The predicted molar refractivity (Wildman–Crippen MR) is 52.5 cm³/mol. The Morgan fingerprint density at radius 2 is 1.92 bits per heavy atom. The van der Waals surface area contributed by atoms with Crippen LogP contribution in [0.4, 0.5) is 0 Å². The van der Waals surface area contributed by atoms with Crippen LogP contribution in [0.15, 0.2) is 0 Å². The summed E-state index contributed by atoms with van der Waals surface area (Å²) in [6.45, 7) is 4.49. The first-order chi connectivity index (χ1) is 6.02. The summed E-state index contributed by atoms with van der Waals surface area (Å²) in [5, 5.41) is 2.86. The molecule has 0 amide bonds. The van der Waals surface area contributed by atoms with E-state index >= 15 is 0 Å². The van der Waals surface area contributed by atoms with Gasteiger partial charge in [-0.05, 0) is 6.54 Å². The van der Waals surface area contributed by atoms with Gasteiger partial charge in [0.1, 0.15) is 15.6 Å². The van der Waals surface area contributed by atoms with Crippen LogP contribution >= 0.6 is 0 Å². The van der Waals surface area contributed by atoms with Crippen molar-refractivity contribution in [3.05, 3.63) is 0 Å². The fourth-order valence-electron chi connectivity index (χ4n) is 0.766. The molecule has 0 radical (unpaired) electrons. The van der Waals surface area contributed by atoms with E-state index in [4.69, 9.17) is 0 Å². The summed E-state index contributed by atoms with van der Waals surface area (Å²) in [5.41, 5.74) is 0. The van der Waals surface area contributed by atoms with Gasteiger partial charge in [-0.1, -0.05) is 13.8 Å². The first kappa shape index (κ1) is 12.6. The van der Waals surface area contributed by atoms with Crippen molar-refractivity contribution in [2.45, 2.75) is 20.3 Å². The SMILES string of the molecule is CCNCC(=O)CCS(=O)(=O)CC. The number of Topliss-reactive ketones (excluding diaryl/α,β-unsaturated/α-hetero) is 1. The zero-order chi connectivity index (χ0) is 10.3. The lowest BCUT2D eigenvalue weighted by molar-refractivity contribution is -0.117.